The highest BCUT2D eigenvalue weighted by molar-refractivity contribution is 5.78. The Morgan fingerprint density at radius 1 is 1.11 bits per heavy atom. The molecule has 9 nitrogen and oxygen atoms in total. The van der Waals surface area contributed by atoms with Crippen LogP contribution in [0.15, 0.2) is 30.3 Å². The summed E-state index contributed by atoms with van der Waals surface area (Å²) in [7, 11) is 1.23. The van der Waals surface area contributed by atoms with Crippen molar-refractivity contribution in [2.75, 3.05) is 26.7 Å². The molecule has 0 saturated heterocycles. The van der Waals surface area contributed by atoms with Crippen LogP contribution < -0.4 is 10.9 Å². The Balaban J connectivity index is 2.37. The average Bonchev–Trinajstić information content (AvgIpc) is 2.61. The van der Waals surface area contributed by atoms with E-state index in [9.17, 15) is 14.4 Å². The van der Waals surface area contributed by atoms with Crippen molar-refractivity contribution in [2.45, 2.75) is 33.0 Å². The van der Waals surface area contributed by atoms with E-state index in [1.165, 1.54) is 12.0 Å². The number of hydrogen-bond donors (Lipinski definition) is 2. The third-order valence-electron chi connectivity index (χ3n) is 3.11. The topological polar surface area (TPSA) is 106 Å². The maximum Gasteiger partial charge on any atom is 0.421 e. The molecule has 9 heteroatoms. The van der Waals surface area contributed by atoms with Crippen molar-refractivity contribution in [3.63, 3.8) is 0 Å². The summed E-state index contributed by atoms with van der Waals surface area (Å²) in [6.07, 6.45) is -1.31. The molecule has 2 N–H and O–H groups in total. The SMILES string of the molecule is COC(=O)CN(CCNNC(=O)OCc1ccccc1)C(=O)OC(C)(C)C. The number of nitrogens with zero attached hydrogens (tertiary/aromatic N) is 1. The van der Waals surface area contributed by atoms with Gasteiger partial charge in [-0.05, 0) is 26.3 Å². The van der Waals surface area contributed by atoms with Crippen molar-refractivity contribution >= 4 is 18.2 Å². The minimum absolute atomic E-state index is 0.114. The van der Waals surface area contributed by atoms with Crippen LogP contribution in [0, 0.1) is 0 Å². The number of carbonyl (C=O) groups is 3. The van der Waals surface area contributed by atoms with E-state index in [2.05, 4.69) is 15.6 Å². The molecule has 0 saturated carbocycles. The van der Waals surface area contributed by atoms with Crippen molar-refractivity contribution in [3.8, 4) is 0 Å². The zero-order valence-electron chi connectivity index (χ0n) is 16.1. The van der Waals surface area contributed by atoms with Gasteiger partial charge in [-0.15, -0.1) is 0 Å². The third kappa shape index (κ3) is 10.0. The first-order chi connectivity index (χ1) is 12.7. The summed E-state index contributed by atoms with van der Waals surface area (Å²) in [6.45, 7) is 5.35. The molecular weight excluding hydrogens is 354 g/mol. The normalized spacial score (nSPS) is 10.7. The molecule has 0 aromatic heterocycles. The van der Waals surface area contributed by atoms with Gasteiger partial charge in [-0.25, -0.2) is 15.0 Å². The molecule has 0 aliphatic carbocycles. The lowest BCUT2D eigenvalue weighted by Crippen LogP contribution is -2.46. The van der Waals surface area contributed by atoms with Crippen LogP contribution >= 0.6 is 0 Å². The Morgan fingerprint density at radius 3 is 2.37 bits per heavy atom. The summed E-state index contributed by atoms with van der Waals surface area (Å²) in [4.78, 5) is 36.4. The second-order valence-corrected chi connectivity index (χ2v) is 6.59. The highest BCUT2D eigenvalue weighted by Crippen LogP contribution is 2.09. The van der Waals surface area contributed by atoms with Gasteiger partial charge in [0.1, 0.15) is 18.8 Å². The standard InChI is InChI=1S/C18H27N3O6/c1-18(2,3)27-17(24)21(12-15(22)25-4)11-10-19-20-16(23)26-13-14-8-6-5-7-9-14/h5-9,19H,10-13H2,1-4H3,(H,20,23). The quantitative estimate of drug-likeness (QED) is 0.306. The second-order valence-electron chi connectivity index (χ2n) is 6.59. The molecular formula is C18H27N3O6. The molecule has 2 amide bonds. The van der Waals surface area contributed by atoms with Crippen LogP contribution in [0.1, 0.15) is 26.3 Å². The number of amides is 2. The van der Waals surface area contributed by atoms with E-state index in [0.717, 1.165) is 5.56 Å². The zero-order chi connectivity index (χ0) is 20.3. The summed E-state index contributed by atoms with van der Waals surface area (Å²) in [6, 6.07) is 9.25. The lowest BCUT2D eigenvalue weighted by atomic mass is 10.2. The number of hydrazine groups is 1. The molecule has 1 rings (SSSR count). The van der Waals surface area contributed by atoms with Crippen molar-refractivity contribution in [1.29, 1.82) is 0 Å². The Labute approximate surface area is 158 Å². The van der Waals surface area contributed by atoms with Gasteiger partial charge in [0.05, 0.1) is 7.11 Å². The molecule has 0 bridgehead atoms. The fraction of sp³-hybridized carbons (Fsp3) is 0.500. The van der Waals surface area contributed by atoms with Gasteiger partial charge < -0.3 is 14.2 Å². The van der Waals surface area contributed by atoms with Crippen LogP contribution in [0.25, 0.3) is 0 Å². The number of nitrogens with one attached hydrogen (secondary N) is 2. The molecule has 1 aromatic carbocycles. The Bertz CT molecular complexity index is 615. The summed E-state index contributed by atoms with van der Waals surface area (Å²) in [5, 5.41) is 0. The molecule has 0 heterocycles. The zero-order valence-corrected chi connectivity index (χ0v) is 16.1. The monoisotopic (exact) mass is 381 g/mol. The van der Waals surface area contributed by atoms with E-state index in [1.807, 2.05) is 30.3 Å². The van der Waals surface area contributed by atoms with Crippen molar-refractivity contribution in [3.05, 3.63) is 35.9 Å². The first-order valence-corrected chi connectivity index (χ1v) is 8.45. The number of hydrogen-bond acceptors (Lipinski definition) is 7. The summed E-state index contributed by atoms with van der Waals surface area (Å²) in [5.74, 6) is -0.573. The van der Waals surface area contributed by atoms with E-state index in [4.69, 9.17) is 9.47 Å². The molecule has 1 aromatic rings. The third-order valence-corrected chi connectivity index (χ3v) is 3.11. The van der Waals surface area contributed by atoms with E-state index < -0.39 is 23.8 Å². The fourth-order valence-electron chi connectivity index (χ4n) is 1.87. The van der Waals surface area contributed by atoms with Crippen LogP contribution in [0.2, 0.25) is 0 Å². The molecule has 0 unspecified atom stereocenters. The van der Waals surface area contributed by atoms with Gasteiger partial charge in [-0.3, -0.25) is 15.1 Å². The van der Waals surface area contributed by atoms with Gasteiger partial charge in [-0.1, -0.05) is 30.3 Å². The smallest absolute Gasteiger partial charge is 0.421 e. The molecule has 0 atom stereocenters. The van der Waals surface area contributed by atoms with Crippen LogP contribution in [0.5, 0.6) is 0 Å². The minimum Gasteiger partial charge on any atom is -0.468 e. The van der Waals surface area contributed by atoms with Crippen molar-refractivity contribution < 1.29 is 28.6 Å². The number of carbonyl (C=O) groups excluding carboxylic acids is 3. The predicted octanol–water partition coefficient (Wildman–Crippen LogP) is 1.83. The number of benzene rings is 1. The average molecular weight is 381 g/mol. The summed E-state index contributed by atoms with van der Waals surface area (Å²) < 4.78 is 14.9. The van der Waals surface area contributed by atoms with E-state index >= 15 is 0 Å². The van der Waals surface area contributed by atoms with E-state index in [-0.39, 0.29) is 26.2 Å². The van der Waals surface area contributed by atoms with E-state index in [1.54, 1.807) is 20.8 Å². The molecule has 0 aliphatic rings. The number of rotatable bonds is 8. The molecule has 0 radical (unpaired) electrons. The fourth-order valence-corrected chi connectivity index (χ4v) is 1.87. The molecule has 0 fully saturated rings. The summed E-state index contributed by atoms with van der Waals surface area (Å²) >= 11 is 0. The van der Waals surface area contributed by atoms with Crippen LogP contribution in [-0.2, 0) is 25.6 Å². The largest absolute Gasteiger partial charge is 0.468 e. The predicted molar refractivity (Wildman–Crippen MR) is 97.6 cm³/mol. The highest BCUT2D eigenvalue weighted by Gasteiger charge is 2.24. The van der Waals surface area contributed by atoms with Gasteiger partial charge in [0.15, 0.2) is 0 Å². The number of methoxy groups -OCH3 is 1. The van der Waals surface area contributed by atoms with Gasteiger partial charge in [-0.2, -0.15) is 0 Å². The first-order valence-electron chi connectivity index (χ1n) is 8.45. The molecule has 0 spiro atoms. The molecule has 27 heavy (non-hydrogen) atoms. The van der Waals surface area contributed by atoms with Gasteiger partial charge in [0.2, 0.25) is 0 Å². The van der Waals surface area contributed by atoms with Crippen LogP contribution in [0.4, 0.5) is 9.59 Å². The van der Waals surface area contributed by atoms with Gasteiger partial charge in [0.25, 0.3) is 0 Å². The van der Waals surface area contributed by atoms with Crippen molar-refractivity contribution in [2.24, 2.45) is 0 Å². The number of ether oxygens (including phenoxy) is 3. The lowest BCUT2D eigenvalue weighted by molar-refractivity contribution is -0.141. The van der Waals surface area contributed by atoms with E-state index in [0.29, 0.717) is 0 Å². The Kier molecular flexibility index (Phi) is 9.07. The number of esters is 1. The van der Waals surface area contributed by atoms with Crippen molar-refractivity contribution in [1.82, 2.24) is 15.8 Å². The van der Waals surface area contributed by atoms with Crippen LogP contribution in [0.3, 0.4) is 0 Å². The maximum absolute atomic E-state index is 12.2. The Hall–Kier alpha value is -2.81. The van der Waals surface area contributed by atoms with Gasteiger partial charge >= 0.3 is 18.2 Å². The maximum atomic E-state index is 12.2. The summed E-state index contributed by atoms with van der Waals surface area (Å²) in [5.41, 5.74) is 5.16. The highest BCUT2D eigenvalue weighted by atomic mass is 16.6. The second kappa shape index (κ2) is 11.0. The Morgan fingerprint density at radius 2 is 1.78 bits per heavy atom. The van der Waals surface area contributed by atoms with Gasteiger partial charge in [0, 0.05) is 13.1 Å². The molecule has 150 valence electrons. The van der Waals surface area contributed by atoms with Crippen LogP contribution in [-0.4, -0.2) is 55.4 Å². The first kappa shape index (κ1) is 22.2. The lowest BCUT2D eigenvalue weighted by Gasteiger charge is -2.26. The molecule has 0 aliphatic heterocycles. The minimum atomic E-state index is -0.696.